The average Bonchev–Trinajstić information content (AvgIpc) is 3.60. The van der Waals surface area contributed by atoms with E-state index in [0.29, 0.717) is 10.8 Å². The molecule has 0 saturated heterocycles. The summed E-state index contributed by atoms with van der Waals surface area (Å²) in [6.07, 6.45) is 3.38. The van der Waals surface area contributed by atoms with Crippen molar-refractivity contribution in [2.45, 2.75) is 24.9 Å². The third-order valence-electron chi connectivity index (χ3n) is 5.70. The van der Waals surface area contributed by atoms with Gasteiger partial charge in [0.2, 0.25) is 0 Å². The highest BCUT2D eigenvalue weighted by Crippen LogP contribution is 2.42. The molecule has 34 heavy (non-hydrogen) atoms. The van der Waals surface area contributed by atoms with Crippen LogP contribution in [0.3, 0.4) is 0 Å². The summed E-state index contributed by atoms with van der Waals surface area (Å²) in [5.41, 5.74) is 0.974. The number of nitrogens with one attached hydrogen (secondary N) is 1. The van der Waals surface area contributed by atoms with E-state index in [4.69, 9.17) is 4.98 Å². The van der Waals surface area contributed by atoms with Crippen LogP contribution in [0.15, 0.2) is 65.7 Å². The molecular formula is C24H19F2N5OS2. The molecule has 3 heterocycles. The van der Waals surface area contributed by atoms with Crippen LogP contribution >= 0.6 is 22.7 Å². The van der Waals surface area contributed by atoms with E-state index in [0.717, 1.165) is 34.0 Å². The molecule has 2 atom stereocenters. The summed E-state index contributed by atoms with van der Waals surface area (Å²) in [6.45, 7) is 1.51. The van der Waals surface area contributed by atoms with Crippen molar-refractivity contribution in [2.24, 2.45) is 0 Å². The van der Waals surface area contributed by atoms with Crippen molar-refractivity contribution in [1.82, 2.24) is 25.1 Å². The van der Waals surface area contributed by atoms with Crippen LogP contribution < -0.4 is 0 Å². The van der Waals surface area contributed by atoms with E-state index in [2.05, 4.69) is 20.2 Å². The number of H-pyrrole nitrogens is 1. The van der Waals surface area contributed by atoms with Crippen molar-refractivity contribution in [1.29, 1.82) is 0 Å². The Balaban J connectivity index is 1.50. The first-order chi connectivity index (χ1) is 16.4. The van der Waals surface area contributed by atoms with Crippen molar-refractivity contribution >= 4 is 22.7 Å². The van der Waals surface area contributed by atoms with Crippen molar-refractivity contribution in [3.05, 3.63) is 93.8 Å². The standard InChI is InChI=1S/C24H19F2N5OS2/c1-24(32,17-7-6-16(25)10-19(17)26)18(11-21-28-13-29-31-21)23-30-20(12-34-23)14-2-4-15(5-3-14)22-27-8-9-33-22/h2-10,12-13,18,32H,11H2,1H3,(H,28,29,31)/t18-,24-/m0/s1. The molecule has 172 valence electrons. The number of hydrogen-bond acceptors (Lipinski definition) is 7. The highest BCUT2D eigenvalue weighted by Gasteiger charge is 2.39. The van der Waals surface area contributed by atoms with E-state index in [1.165, 1.54) is 30.7 Å². The molecule has 0 aliphatic rings. The number of hydrogen-bond donors (Lipinski definition) is 2. The predicted octanol–water partition coefficient (Wildman–Crippen LogP) is 5.56. The number of aromatic amines is 1. The molecule has 5 rings (SSSR count). The monoisotopic (exact) mass is 495 g/mol. The van der Waals surface area contributed by atoms with Crippen molar-refractivity contribution < 1.29 is 13.9 Å². The minimum absolute atomic E-state index is 0.0111. The molecule has 0 bridgehead atoms. The second kappa shape index (κ2) is 9.13. The number of halogens is 2. The second-order valence-electron chi connectivity index (χ2n) is 7.95. The highest BCUT2D eigenvalue weighted by atomic mass is 32.1. The molecule has 0 aliphatic carbocycles. The van der Waals surface area contributed by atoms with Crippen LogP contribution in [-0.4, -0.2) is 30.3 Å². The minimum Gasteiger partial charge on any atom is -0.385 e. The van der Waals surface area contributed by atoms with Gasteiger partial charge in [-0.05, 0) is 13.0 Å². The number of aliphatic hydroxyl groups is 1. The fraction of sp³-hybridized carbons (Fsp3) is 0.167. The highest BCUT2D eigenvalue weighted by molar-refractivity contribution is 7.13. The van der Waals surface area contributed by atoms with E-state index >= 15 is 0 Å². The van der Waals surface area contributed by atoms with Crippen LogP contribution in [0.25, 0.3) is 21.8 Å². The lowest BCUT2D eigenvalue weighted by atomic mass is 9.80. The average molecular weight is 496 g/mol. The molecule has 3 aromatic heterocycles. The minimum atomic E-state index is -1.69. The maximum absolute atomic E-state index is 14.7. The van der Waals surface area contributed by atoms with Crippen molar-refractivity contribution in [2.75, 3.05) is 0 Å². The maximum Gasteiger partial charge on any atom is 0.137 e. The zero-order valence-corrected chi connectivity index (χ0v) is 19.6. The van der Waals surface area contributed by atoms with Gasteiger partial charge in [-0.15, -0.1) is 22.7 Å². The molecule has 6 nitrogen and oxygen atoms in total. The Morgan fingerprint density at radius 2 is 1.85 bits per heavy atom. The normalized spacial score (nSPS) is 14.1. The lowest BCUT2D eigenvalue weighted by Crippen LogP contribution is -2.33. The smallest absolute Gasteiger partial charge is 0.137 e. The number of aromatic nitrogens is 5. The van der Waals surface area contributed by atoms with Crippen molar-refractivity contribution in [3.63, 3.8) is 0 Å². The summed E-state index contributed by atoms with van der Waals surface area (Å²) in [6, 6.07) is 11.1. The van der Waals surface area contributed by atoms with Crippen LogP contribution in [0, 0.1) is 11.6 Å². The van der Waals surface area contributed by atoms with E-state index in [-0.39, 0.29) is 12.0 Å². The van der Waals surface area contributed by atoms with E-state index in [9.17, 15) is 13.9 Å². The van der Waals surface area contributed by atoms with Gasteiger partial charge in [0.1, 0.15) is 28.8 Å². The van der Waals surface area contributed by atoms with Gasteiger partial charge in [-0.1, -0.05) is 30.3 Å². The summed E-state index contributed by atoms with van der Waals surface area (Å²) in [5.74, 6) is -1.66. The van der Waals surface area contributed by atoms with Crippen LogP contribution in [0.4, 0.5) is 8.78 Å². The van der Waals surface area contributed by atoms with Gasteiger partial charge in [0.05, 0.1) is 22.2 Å². The largest absolute Gasteiger partial charge is 0.385 e. The zero-order valence-electron chi connectivity index (χ0n) is 17.9. The van der Waals surface area contributed by atoms with E-state index in [1.807, 2.05) is 35.0 Å². The topological polar surface area (TPSA) is 87.6 Å². The Labute approximate surface area is 202 Å². The molecule has 2 N–H and O–H groups in total. The van der Waals surface area contributed by atoms with Gasteiger partial charge in [0.15, 0.2) is 0 Å². The predicted molar refractivity (Wildman–Crippen MR) is 127 cm³/mol. The zero-order chi connectivity index (χ0) is 23.7. The van der Waals surface area contributed by atoms with Gasteiger partial charge in [0.25, 0.3) is 0 Å². The van der Waals surface area contributed by atoms with Crippen molar-refractivity contribution in [3.8, 4) is 21.8 Å². The fourth-order valence-corrected chi connectivity index (χ4v) is 5.56. The number of rotatable bonds is 7. The number of thiazole rings is 2. The molecule has 0 radical (unpaired) electrons. The molecule has 0 spiro atoms. The van der Waals surface area contributed by atoms with E-state index < -0.39 is 23.2 Å². The summed E-state index contributed by atoms with van der Waals surface area (Å²) in [7, 11) is 0. The first kappa shape index (κ1) is 22.5. The Kier molecular flexibility index (Phi) is 6.03. The van der Waals surface area contributed by atoms with Gasteiger partial charge in [-0.25, -0.2) is 23.7 Å². The summed E-state index contributed by atoms with van der Waals surface area (Å²) >= 11 is 2.94. The van der Waals surface area contributed by atoms with Crippen LogP contribution in [0.2, 0.25) is 0 Å². The number of nitrogens with zero attached hydrogens (tertiary/aromatic N) is 4. The molecule has 10 heteroatoms. The molecule has 2 aromatic carbocycles. The molecule has 0 unspecified atom stereocenters. The molecule has 0 fully saturated rings. The summed E-state index contributed by atoms with van der Waals surface area (Å²) in [5, 5.41) is 23.6. The van der Waals surface area contributed by atoms with Gasteiger partial charge in [-0.2, -0.15) is 5.10 Å². The third kappa shape index (κ3) is 4.39. The lowest BCUT2D eigenvalue weighted by Gasteiger charge is -2.32. The molecule has 0 aliphatic heterocycles. The summed E-state index contributed by atoms with van der Waals surface area (Å²) in [4.78, 5) is 13.3. The Hall–Kier alpha value is -3.34. The lowest BCUT2D eigenvalue weighted by molar-refractivity contribution is 0.0220. The second-order valence-corrected chi connectivity index (χ2v) is 9.73. The van der Waals surface area contributed by atoms with Gasteiger partial charge >= 0.3 is 0 Å². The van der Waals surface area contributed by atoms with Gasteiger partial charge in [0, 0.05) is 46.1 Å². The van der Waals surface area contributed by atoms with Gasteiger partial charge < -0.3 is 5.11 Å². The molecule has 5 aromatic rings. The fourth-order valence-electron chi connectivity index (χ4n) is 3.87. The van der Waals surface area contributed by atoms with Crippen LogP contribution in [0.1, 0.15) is 29.2 Å². The quantitative estimate of drug-likeness (QED) is 0.309. The Bertz CT molecular complexity index is 1380. The number of benzene rings is 2. The SMILES string of the molecule is C[C@](O)(c1ccc(F)cc1F)[C@@H](Cc1ncn[nH]1)c1nc(-c2ccc(-c3nccs3)cc2)cs1. The maximum atomic E-state index is 14.7. The van der Waals surface area contributed by atoms with Crippen LogP contribution in [0.5, 0.6) is 0 Å². The Morgan fingerprint density at radius 1 is 1.06 bits per heavy atom. The van der Waals surface area contributed by atoms with Gasteiger partial charge in [-0.3, -0.25) is 5.10 Å². The molecule has 0 amide bonds. The molecule has 0 saturated carbocycles. The summed E-state index contributed by atoms with van der Waals surface area (Å²) < 4.78 is 28.2. The van der Waals surface area contributed by atoms with Crippen LogP contribution in [-0.2, 0) is 12.0 Å². The van der Waals surface area contributed by atoms with E-state index in [1.54, 1.807) is 17.5 Å². The molecular weight excluding hydrogens is 476 g/mol. The first-order valence-electron chi connectivity index (χ1n) is 10.4. The first-order valence-corrected chi connectivity index (χ1v) is 12.2. The Morgan fingerprint density at radius 3 is 2.53 bits per heavy atom. The third-order valence-corrected chi connectivity index (χ3v) is 7.48.